The van der Waals surface area contributed by atoms with Crippen molar-refractivity contribution in [1.82, 2.24) is 9.80 Å². The second-order valence-electron chi connectivity index (χ2n) is 12.8. The number of hydrogen-bond donors (Lipinski definition) is 4. The number of guanidine groups is 1. The number of benzene rings is 2. The molecule has 11 nitrogen and oxygen atoms in total. The number of carboxylic acids is 1. The third-order valence-electron chi connectivity index (χ3n) is 10.3. The van der Waals surface area contributed by atoms with E-state index in [1.54, 1.807) is 24.1 Å². The Bertz CT molecular complexity index is 1430. The van der Waals surface area contributed by atoms with Crippen LogP contribution in [0.3, 0.4) is 0 Å². The molecule has 0 radical (unpaired) electrons. The smallest absolute Gasteiger partial charge is 0.335 e. The zero-order valence-electron chi connectivity index (χ0n) is 25.7. The lowest BCUT2D eigenvalue weighted by atomic mass is 9.57. The van der Waals surface area contributed by atoms with Gasteiger partial charge in [0.1, 0.15) is 6.04 Å². The molecule has 0 aromatic heterocycles. The fraction of sp³-hybridized carbons (Fsp3) is 0.515. The van der Waals surface area contributed by atoms with Gasteiger partial charge in [0.05, 0.1) is 11.7 Å². The highest BCUT2D eigenvalue weighted by molar-refractivity contribution is 5.99. The molecule has 1 saturated carbocycles. The topological polar surface area (TPSA) is 152 Å². The van der Waals surface area contributed by atoms with Gasteiger partial charge >= 0.3 is 5.97 Å². The summed E-state index contributed by atoms with van der Waals surface area (Å²) in [6, 6.07) is 11.4. The Morgan fingerprint density at radius 3 is 2.27 bits per heavy atom. The molecule has 3 heterocycles. The molecule has 1 aliphatic carbocycles. The van der Waals surface area contributed by atoms with Gasteiger partial charge in [-0.3, -0.25) is 15.0 Å². The average Bonchev–Trinajstić information content (AvgIpc) is 3.02. The monoisotopic (exact) mass is 638 g/mol. The molecule has 12 heteroatoms. The number of likely N-dealkylation sites (tertiary alicyclic amines) is 1. The number of aromatic carboxylic acids is 1. The molecule has 2 saturated heterocycles. The summed E-state index contributed by atoms with van der Waals surface area (Å²) in [5.41, 5.74) is 9.49. The molecule has 45 heavy (non-hydrogen) atoms. The number of anilines is 2. The first kappa shape index (κ1) is 32.6. The molecular formula is C33H43ClN6O5. The van der Waals surface area contributed by atoms with Gasteiger partial charge in [-0.25, -0.2) is 4.79 Å². The van der Waals surface area contributed by atoms with E-state index in [0.29, 0.717) is 18.7 Å². The van der Waals surface area contributed by atoms with Crippen molar-refractivity contribution in [2.24, 2.45) is 17.1 Å². The maximum atomic E-state index is 14.1. The molecule has 242 valence electrons. The van der Waals surface area contributed by atoms with Crippen molar-refractivity contribution in [1.29, 1.82) is 5.41 Å². The number of carbonyl (C=O) groups is 3. The van der Waals surface area contributed by atoms with Gasteiger partial charge in [0.2, 0.25) is 5.91 Å². The Labute approximate surface area is 270 Å². The summed E-state index contributed by atoms with van der Waals surface area (Å²) in [4.78, 5) is 45.6. The summed E-state index contributed by atoms with van der Waals surface area (Å²) in [7, 11) is 1.76. The van der Waals surface area contributed by atoms with Gasteiger partial charge in [-0.2, -0.15) is 0 Å². The van der Waals surface area contributed by atoms with Gasteiger partial charge in [0.25, 0.3) is 5.91 Å². The normalized spacial score (nSPS) is 21.4. The molecule has 3 aliphatic heterocycles. The van der Waals surface area contributed by atoms with Gasteiger partial charge in [-0.1, -0.05) is 12.1 Å². The summed E-state index contributed by atoms with van der Waals surface area (Å²) in [6.45, 7) is 3.67. The van der Waals surface area contributed by atoms with Crippen LogP contribution in [-0.2, 0) is 20.7 Å². The van der Waals surface area contributed by atoms with E-state index in [1.807, 2.05) is 17.0 Å². The molecule has 2 amide bonds. The number of carboxylic acid groups (broad SMARTS) is 1. The Hall–Kier alpha value is -3.83. The maximum Gasteiger partial charge on any atom is 0.335 e. The van der Waals surface area contributed by atoms with Crippen molar-refractivity contribution >= 4 is 47.5 Å². The number of rotatable bonds is 6. The highest BCUT2D eigenvalue weighted by Crippen LogP contribution is 2.54. The van der Waals surface area contributed by atoms with E-state index in [9.17, 15) is 19.5 Å². The number of nitrogens with two attached hydrogens (primary N) is 1. The van der Waals surface area contributed by atoms with Gasteiger partial charge in [-0.05, 0) is 91.8 Å². The number of amides is 2. The van der Waals surface area contributed by atoms with Crippen LogP contribution in [0.5, 0.6) is 0 Å². The summed E-state index contributed by atoms with van der Waals surface area (Å²) < 4.78 is 5.58. The van der Waals surface area contributed by atoms with E-state index in [1.165, 1.54) is 12.1 Å². The minimum atomic E-state index is -1.03. The first-order valence-electron chi connectivity index (χ1n) is 15.6. The van der Waals surface area contributed by atoms with Crippen molar-refractivity contribution in [3.63, 3.8) is 0 Å². The average molecular weight is 639 g/mol. The third kappa shape index (κ3) is 6.46. The standard InChI is InChI=1S/C33H42N6O5.ClH/c1-44-24-9-14-37(15-10-24)27-4-2-3-26-25(27)11-16-39(28(26)29(40)36-23-7-5-21(6-8-23)31(42)43)30(41)22-19-33(20-22)12-17-38(18-13-33)32(34)35;/h2-8,22,24,28H,9-20H2,1H3,(H3,34,35)(H,36,40)(H,42,43);1H/t28-;/m0./s1. The number of fused-ring (bicyclic) bond motifs is 1. The molecule has 6 rings (SSSR count). The molecule has 1 spiro atoms. The maximum absolute atomic E-state index is 14.1. The van der Waals surface area contributed by atoms with Crippen LogP contribution in [-0.4, -0.2) is 84.6 Å². The number of ether oxygens (including phenoxy) is 1. The van der Waals surface area contributed by atoms with Crippen LogP contribution in [0.25, 0.3) is 0 Å². The molecule has 2 aromatic carbocycles. The molecule has 4 aliphatic rings. The van der Waals surface area contributed by atoms with Crippen molar-refractivity contribution in [2.45, 2.75) is 57.1 Å². The van der Waals surface area contributed by atoms with Crippen LogP contribution in [0.4, 0.5) is 11.4 Å². The SMILES string of the molecule is COC1CCN(c2cccc3c2CCN(C(=O)C2CC4(CCN(C(=N)N)CC4)C2)[C@@H]3C(=O)Nc2ccc(C(=O)O)cc2)CC1.Cl. The van der Waals surface area contributed by atoms with Crippen molar-refractivity contribution in [3.05, 3.63) is 59.2 Å². The van der Waals surface area contributed by atoms with Gasteiger partial charge in [-0.15, -0.1) is 12.4 Å². The first-order valence-corrected chi connectivity index (χ1v) is 15.6. The zero-order chi connectivity index (χ0) is 31.0. The lowest BCUT2D eigenvalue weighted by Crippen LogP contribution is -2.55. The van der Waals surface area contributed by atoms with Gasteiger partial charge in [0.15, 0.2) is 5.96 Å². The van der Waals surface area contributed by atoms with Crippen LogP contribution in [0, 0.1) is 16.7 Å². The van der Waals surface area contributed by atoms with E-state index in [2.05, 4.69) is 16.3 Å². The predicted molar refractivity (Wildman–Crippen MR) is 174 cm³/mol. The minimum absolute atomic E-state index is 0. The molecule has 0 unspecified atom stereocenters. The molecule has 5 N–H and O–H groups in total. The van der Waals surface area contributed by atoms with Gasteiger partial charge < -0.3 is 35.6 Å². The highest BCUT2D eigenvalue weighted by atomic mass is 35.5. The van der Waals surface area contributed by atoms with Crippen LogP contribution in [0.2, 0.25) is 0 Å². The van der Waals surface area contributed by atoms with Crippen LogP contribution < -0.4 is 16.0 Å². The molecule has 1 atom stereocenters. The second kappa shape index (κ2) is 13.3. The van der Waals surface area contributed by atoms with Crippen molar-refractivity contribution < 1.29 is 24.2 Å². The third-order valence-corrected chi connectivity index (χ3v) is 10.3. The van der Waals surface area contributed by atoms with Gasteiger partial charge in [0, 0.05) is 57.1 Å². The van der Waals surface area contributed by atoms with E-state index in [4.69, 9.17) is 15.9 Å². The van der Waals surface area contributed by atoms with E-state index in [-0.39, 0.29) is 53.2 Å². The van der Waals surface area contributed by atoms with Crippen LogP contribution in [0.15, 0.2) is 42.5 Å². The van der Waals surface area contributed by atoms with Crippen molar-refractivity contribution in [2.75, 3.05) is 50.1 Å². The molecule has 2 aromatic rings. The number of halogens is 1. The van der Waals surface area contributed by atoms with Crippen LogP contribution in [0.1, 0.15) is 66.1 Å². The Kier molecular flexibility index (Phi) is 9.60. The fourth-order valence-electron chi connectivity index (χ4n) is 7.73. The highest BCUT2D eigenvalue weighted by Gasteiger charge is 2.51. The second-order valence-corrected chi connectivity index (χ2v) is 12.8. The Balaban J connectivity index is 0.00000400. The summed E-state index contributed by atoms with van der Waals surface area (Å²) in [5, 5.41) is 20.0. The zero-order valence-corrected chi connectivity index (χ0v) is 26.5. The Morgan fingerprint density at radius 1 is 1.00 bits per heavy atom. The summed E-state index contributed by atoms with van der Waals surface area (Å²) >= 11 is 0. The minimum Gasteiger partial charge on any atom is -0.478 e. The first-order chi connectivity index (χ1) is 21.2. The number of hydrogen-bond acceptors (Lipinski definition) is 6. The quantitative estimate of drug-likeness (QED) is 0.275. The largest absolute Gasteiger partial charge is 0.478 e. The van der Waals surface area contributed by atoms with E-state index in [0.717, 1.165) is 81.5 Å². The van der Waals surface area contributed by atoms with E-state index >= 15 is 0 Å². The van der Waals surface area contributed by atoms with Crippen LogP contribution >= 0.6 is 12.4 Å². The number of nitrogens with zero attached hydrogens (tertiary/aromatic N) is 3. The lowest BCUT2D eigenvalue weighted by molar-refractivity contribution is -0.151. The van der Waals surface area contributed by atoms with Crippen molar-refractivity contribution in [3.8, 4) is 0 Å². The lowest BCUT2D eigenvalue weighted by Gasteiger charge is -2.53. The predicted octanol–water partition coefficient (Wildman–Crippen LogP) is 3.87. The molecule has 0 bridgehead atoms. The number of methoxy groups -OCH3 is 1. The molecular weight excluding hydrogens is 596 g/mol. The Morgan fingerprint density at radius 2 is 1.67 bits per heavy atom. The number of carbonyl (C=O) groups excluding carboxylic acids is 2. The summed E-state index contributed by atoms with van der Waals surface area (Å²) in [5.74, 6) is -1.35. The summed E-state index contributed by atoms with van der Waals surface area (Å²) in [6.07, 6.45) is 6.22. The number of nitrogens with one attached hydrogen (secondary N) is 2. The number of piperidine rings is 2. The molecule has 3 fully saturated rings. The van der Waals surface area contributed by atoms with E-state index < -0.39 is 12.0 Å². The fourth-order valence-corrected chi connectivity index (χ4v) is 7.73.